The molecule has 3 heteroatoms. The van der Waals surface area contributed by atoms with Gasteiger partial charge in [-0.25, -0.2) is 0 Å². The van der Waals surface area contributed by atoms with E-state index >= 15 is 0 Å². The second-order valence-electron chi connectivity index (χ2n) is 7.85. The zero-order valence-corrected chi connectivity index (χ0v) is 14.2. The molecule has 2 nitrogen and oxygen atoms in total. The van der Waals surface area contributed by atoms with Gasteiger partial charge in [-0.15, -0.1) is 0 Å². The van der Waals surface area contributed by atoms with E-state index in [1.165, 1.54) is 44.1 Å². The van der Waals surface area contributed by atoms with E-state index in [0.717, 1.165) is 29.4 Å². The minimum atomic E-state index is 0.357. The minimum absolute atomic E-state index is 0.357. The topological polar surface area (TPSA) is 15.3 Å². The molecule has 1 aromatic rings. The Morgan fingerprint density at radius 2 is 1.64 bits per heavy atom. The van der Waals surface area contributed by atoms with Gasteiger partial charge in [-0.05, 0) is 74.1 Å². The van der Waals surface area contributed by atoms with Gasteiger partial charge in [0.1, 0.15) is 0 Å². The van der Waals surface area contributed by atoms with Crippen molar-refractivity contribution in [1.82, 2.24) is 10.2 Å². The van der Waals surface area contributed by atoms with Gasteiger partial charge >= 0.3 is 0 Å². The van der Waals surface area contributed by atoms with E-state index < -0.39 is 0 Å². The van der Waals surface area contributed by atoms with Crippen LogP contribution in [0.5, 0.6) is 0 Å². The molecule has 4 aliphatic rings. The zero-order valence-electron chi connectivity index (χ0n) is 13.4. The summed E-state index contributed by atoms with van der Waals surface area (Å²) in [7, 11) is 2.23. The first kappa shape index (κ1) is 14.5. The molecule has 0 atom stereocenters. The van der Waals surface area contributed by atoms with E-state index in [1.807, 2.05) is 0 Å². The van der Waals surface area contributed by atoms with Crippen LogP contribution in [0.4, 0.5) is 0 Å². The molecule has 118 valence electrons. The van der Waals surface area contributed by atoms with Crippen molar-refractivity contribution < 1.29 is 0 Å². The summed E-state index contributed by atoms with van der Waals surface area (Å²) in [5, 5.41) is 4.42. The van der Waals surface area contributed by atoms with E-state index in [1.54, 1.807) is 0 Å². The molecule has 4 aliphatic carbocycles. The van der Waals surface area contributed by atoms with Crippen molar-refractivity contribution >= 4 is 17.3 Å². The Kier molecular flexibility index (Phi) is 3.64. The SMILES string of the molecule is CN(C(=S)NCc1ccccc1)C12CC3CC(CC(C3)C1)C2. The maximum Gasteiger partial charge on any atom is 0.169 e. The van der Waals surface area contributed by atoms with Crippen LogP contribution < -0.4 is 5.32 Å². The van der Waals surface area contributed by atoms with Crippen molar-refractivity contribution in [2.45, 2.75) is 50.6 Å². The number of rotatable bonds is 3. The Balaban J connectivity index is 1.43. The van der Waals surface area contributed by atoms with E-state index in [-0.39, 0.29) is 0 Å². The van der Waals surface area contributed by atoms with E-state index in [4.69, 9.17) is 12.2 Å². The summed E-state index contributed by atoms with van der Waals surface area (Å²) < 4.78 is 0. The highest BCUT2D eigenvalue weighted by Crippen LogP contribution is 2.57. The Labute approximate surface area is 139 Å². The second-order valence-corrected chi connectivity index (χ2v) is 8.23. The Morgan fingerprint density at radius 1 is 1.09 bits per heavy atom. The fourth-order valence-corrected chi connectivity index (χ4v) is 5.85. The number of thiocarbonyl (C=S) groups is 1. The molecule has 0 radical (unpaired) electrons. The highest BCUT2D eigenvalue weighted by molar-refractivity contribution is 7.80. The smallest absolute Gasteiger partial charge is 0.169 e. The summed E-state index contributed by atoms with van der Waals surface area (Å²) in [6.07, 6.45) is 8.54. The monoisotopic (exact) mass is 314 g/mol. The third-order valence-electron chi connectivity index (χ3n) is 6.31. The van der Waals surface area contributed by atoms with Crippen molar-refractivity contribution in [1.29, 1.82) is 0 Å². The molecule has 0 aliphatic heterocycles. The van der Waals surface area contributed by atoms with Gasteiger partial charge in [-0.1, -0.05) is 30.3 Å². The van der Waals surface area contributed by atoms with Gasteiger partial charge in [0.15, 0.2) is 5.11 Å². The number of benzene rings is 1. The van der Waals surface area contributed by atoms with Gasteiger partial charge in [-0.3, -0.25) is 0 Å². The highest BCUT2D eigenvalue weighted by atomic mass is 32.1. The molecule has 0 unspecified atom stereocenters. The summed E-state index contributed by atoms with van der Waals surface area (Å²) in [6, 6.07) is 10.5. The molecule has 4 bridgehead atoms. The first-order chi connectivity index (χ1) is 10.6. The van der Waals surface area contributed by atoms with Crippen molar-refractivity contribution in [3.63, 3.8) is 0 Å². The fourth-order valence-electron chi connectivity index (χ4n) is 5.58. The average Bonchev–Trinajstić information content (AvgIpc) is 2.51. The van der Waals surface area contributed by atoms with Crippen molar-refractivity contribution in [2.24, 2.45) is 17.8 Å². The van der Waals surface area contributed by atoms with Crippen molar-refractivity contribution in [3.8, 4) is 0 Å². The molecule has 4 saturated carbocycles. The zero-order chi connectivity index (χ0) is 15.2. The third-order valence-corrected chi connectivity index (χ3v) is 6.73. The molecule has 5 rings (SSSR count). The van der Waals surface area contributed by atoms with Gasteiger partial charge in [0.2, 0.25) is 0 Å². The number of hydrogen-bond donors (Lipinski definition) is 1. The largest absolute Gasteiger partial charge is 0.358 e. The molecule has 0 heterocycles. The quantitative estimate of drug-likeness (QED) is 0.850. The van der Waals surface area contributed by atoms with Crippen LogP contribution in [0.3, 0.4) is 0 Å². The van der Waals surface area contributed by atoms with Gasteiger partial charge in [0.25, 0.3) is 0 Å². The lowest BCUT2D eigenvalue weighted by Crippen LogP contribution is -2.61. The number of hydrogen-bond acceptors (Lipinski definition) is 1. The van der Waals surface area contributed by atoms with Crippen LogP contribution in [0.1, 0.15) is 44.1 Å². The Bertz CT molecular complexity index is 519. The standard InChI is InChI=1S/C19H26N2S/c1-21(18(22)20-13-14-5-3-2-4-6-14)19-10-15-7-16(11-19)9-17(8-15)12-19/h2-6,15-17H,7-13H2,1H3,(H,20,22). The molecule has 1 aromatic carbocycles. The predicted octanol–water partition coefficient (Wildman–Crippen LogP) is 3.96. The Morgan fingerprint density at radius 3 is 2.18 bits per heavy atom. The molecule has 0 spiro atoms. The summed E-state index contributed by atoms with van der Waals surface area (Å²) in [4.78, 5) is 2.43. The number of nitrogens with one attached hydrogen (secondary N) is 1. The number of nitrogens with zero attached hydrogens (tertiary/aromatic N) is 1. The van der Waals surface area contributed by atoms with E-state index in [0.29, 0.717) is 5.54 Å². The van der Waals surface area contributed by atoms with Crippen molar-refractivity contribution in [2.75, 3.05) is 7.05 Å². The van der Waals surface area contributed by atoms with E-state index in [9.17, 15) is 0 Å². The van der Waals surface area contributed by atoms with Crippen molar-refractivity contribution in [3.05, 3.63) is 35.9 Å². The van der Waals surface area contributed by atoms with E-state index in [2.05, 4.69) is 47.6 Å². The van der Waals surface area contributed by atoms with Gasteiger partial charge in [0.05, 0.1) is 0 Å². The average molecular weight is 314 g/mol. The second kappa shape index (κ2) is 5.52. The van der Waals surface area contributed by atoms with Crippen LogP contribution in [0.2, 0.25) is 0 Å². The molecule has 0 aromatic heterocycles. The summed E-state index contributed by atoms with van der Waals surface area (Å²) in [5.41, 5.74) is 1.65. The first-order valence-corrected chi connectivity index (χ1v) is 9.11. The van der Waals surface area contributed by atoms with Crippen LogP contribution in [-0.2, 0) is 6.54 Å². The lowest BCUT2D eigenvalue weighted by molar-refractivity contribution is -0.0548. The molecule has 0 amide bonds. The van der Waals surface area contributed by atoms with Gasteiger partial charge < -0.3 is 10.2 Å². The maximum absolute atomic E-state index is 5.73. The van der Waals surface area contributed by atoms with Gasteiger partial charge in [0, 0.05) is 19.1 Å². The fraction of sp³-hybridized carbons (Fsp3) is 0.632. The highest BCUT2D eigenvalue weighted by Gasteiger charge is 2.53. The predicted molar refractivity (Wildman–Crippen MR) is 94.5 cm³/mol. The molecule has 0 saturated heterocycles. The van der Waals surface area contributed by atoms with Crippen LogP contribution >= 0.6 is 12.2 Å². The van der Waals surface area contributed by atoms with Crippen LogP contribution in [0.15, 0.2) is 30.3 Å². The summed E-state index contributed by atoms with van der Waals surface area (Å²) in [5.74, 6) is 2.89. The molecular weight excluding hydrogens is 288 g/mol. The normalized spacial score (nSPS) is 35.4. The van der Waals surface area contributed by atoms with Crippen LogP contribution in [0.25, 0.3) is 0 Å². The minimum Gasteiger partial charge on any atom is -0.358 e. The lowest BCUT2D eigenvalue weighted by atomic mass is 9.52. The third kappa shape index (κ3) is 2.54. The molecule has 22 heavy (non-hydrogen) atoms. The lowest BCUT2D eigenvalue weighted by Gasteiger charge is -2.60. The molecule has 4 fully saturated rings. The van der Waals surface area contributed by atoms with Crippen LogP contribution in [0, 0.1) is 17.8 Å². The molecular formula is C19H26N2S. The molecule has 1 N–H and O–H groups in total. The van der Waals surface area contributed by atoms with Crippen LogP contribution in [-0.4, -0.2) is 22.6 Å². The first-order valence-electron chi connectivity index (χ1n) is 8.70. The maximum atomic E-state index is 5.73. The summed E-state index contributed by atoms with van der Waals surface area (Å²) in [6.45, 7) is 0.830. The Hall–Kier alpha value is -1.09. The summed E-state index contributed by atoms with van der Waals surface area (Å²) >= 11 is 5.73. The van der Waals surface area contributed by atoms with Gasteiger partial charge in [-0.2, -0.15) is 0 Å².